The zero-order valence-electron chi connectivity index (χ0n) is 11.9. The number of rotatable bonds is 9. The van der Waals surface area contributed by atoms with Crippen LogP contribution in [0.2, 0.25) is 0 Å². The van der Waals surface area contributed by atoms with Crippen molar-refractivity contribution in [2.75, 3.05) is 24.5 Å². The molecule has 106 valence electrons. The molecule has 1 aliphatic carbocycles. The van der Waals surface area contributed by atoms with Crippen LogP contribution in [0, 0.1) is 5.82 Å². The SMILES string of the molecule is CCN(CCCCCNC1CC1)c1cccc(F)c1. The highest BCUT2D eigenvalue weighted by molar-refractivity contribution is 5.46. The second-order valence-electron chi connectivity index (χ2n) is 5.35. The van der Waals surface area contributed by atoms with E-state index in [4.69, 9.17) is 0 Å². The lowest BCUT2D eigenvalue weighted by molar-refractivity contribution is 0.594. The van der Waals surface area contributed by atoms with Gasteiger partial charge in [-0.2, -0.15) is 0 Å². The molecule has 0 aliphatic heterocycles. The molecule has 0 radical (unpaired) electrons. The Balaban J connectivity index is 1.64. The Morgan fingerprint density at radius 1 is 1.26 bits per heavy atom. The molecule has 2 rings (SSSR count). The molecule has 0 unspecified atom stereocenters. The maximum Gasteiger partial charge on any atom is 0.125 e. The zero-order chi connectivity index (χ0) is 13.5. The molecule has 0 bridgehead atoms. The van der Waals surface area contributed by atoms with Gasteiger partial charge < -0.3 is 10.2 Å². The van der Waals surface area contributed by atoms with E-state index in [1.54, 1.807) is 12.1 Å². The van der Waals surface area contributed by atoms with Gasteiger partial charge in [-0.15, -0.1) is 0 Å². The average molecular weight is 264 g/mol. The standard InChI is InChI=1S/C16H25FN2/c1-2-19(16-8-6-7-14(17)13-16)12-5-3-4-11-18-15-9-10-15/h6-8,13,15,18H,2-5,9-12H2,1H3. The summed E-state index contributed by atoms with van der Waals surface area (Å²) in [4.78, 5) is 2.25. The van der Waals surface area contributed by atoms with Crippen LogP contribution in [-0.2, 0) is 0 Å². The van der Waals surface area contributed by atoms with Gasteiger partial charge in [-0.1, -0.05) is 12.5 Å². The van der Waals surface area contributed by atoms with E-state index in [2.05, 4.69) is 17.1 Å². The van der Waals surface area contributed by atoms with Crippen molar-refractivity contribution in [3.8, 4) is 0 Å². The van der Waals surface area contributed by atoms with Crippen LogP contribution in [0.25, 0.3) is 0 Å². The molecule has 2 nitrogen and oxygen atoms in total. The minimum atomic E-state index is -0.149. The molecule has 3 heteroatoms. The van der Waals surface area contributed by atoms with E-state index >= 15 is 0 Å². The molecular weight excluding hydrogens is 239 g/mol. The molecule has 1 aromatic rings. The average Bonchev–Trinajstić information content (AvgIpc) is 3.22. The van der Waals surface area contributed by atoms with Gasteiger partial charge in [0, 0.05) is 24.8 Å². The Hall–Kier alpha value is -1.09. The number of hydrogen-bond acceptors (Lipinski definition) is 2. The Morgan fingerprint density at radius 2 is 2.11 bits per heavy atom. The number of halogens is 1. The Bertz CT molecular complexity index is 377. The predicted octanol–water partition coefficient (Wildman–Crippen LogP) is 3.57. The van der Waals surface area contributed by atoms with E-state index in [0.717, 1.165) is 31.4 Å². The van der Waals surface area contributed by atoms with Crippen LogP contribution >= 0.6 is 0 Å². The van der Waals surface area contributed by atoms with E-state index in [0.29, 0.717) is 0 Å². The van der Waals surface area contributed by atoms with E-state index in [1.165, 1.54) is 38.2 Å². The first-order valence-electron chi connectivity index (χ1n) is 7.53. The van der Waals surface area contributed by atoms with Crippen molar-refractivity contribution in [2.45, 2.75) is 45.1 Å². The summed E-state index contributed by atoms with van der Waals surface area (Å²) in [6.07, 6.45) is 6.39. The second kappa shape index (κ2) is 7.49. The first-order valence-corrected chi connectivity index (χ1v) is 7.53. The minimum absolute atomic E-state index is 0.149. The van der Waals surface area contributed by atoms with Gasteiger partial charge in [0.15, 0.2) is 0 Å². The normalized spacial score (nSPS) is 14.6. The molecule has 1 saturated carbocycles. The fourth-order valence-electron chi connectivity index (χ4n) is 2.34. The summed E-state index contributed by atoms with van der Waals surface area (Å²) in [6, 6.07) is 7.71. The number of benzene rings is 1. The lowest BCUT2D eigenvalue weighted by Gasteiger charge is -2.23. The van der Waals surface area contributed by atoms with Gasteiger partial charge in [0.05, 0.1) is 0 Å². The van der Waals surface area contributed by atoms with Crippen molar-refractivity contribution in [1.29, 1.82) is 0 Å². The number of hydrogen-bond donors (Lipinski definition) is 1. The smallest absolute Gasteiger partial charge is 0.125 e. The second-order valence-corrected chi connectivity index (χ2v) is 5.35. The molecule has 1 N–H and O–H groups in total. The van der Waals surface area contributed by atoms with E-state index in [9.17, 15) is 4.39 Å². The maximum atomic E-state index is 13.2. The molecule has 0 aromatic heterocycles. The number of nitrogens with one attached hydrogen (secondary N) is 1. The van der Waals surface area contributed by atoms with E-state index in [1.807, 2.05) is 6.07 Å². The predicted molar refractivity (Wildman–Crippen MR) is 79.2 cm³/mol. The molecule has 1 aliphatic rings. The Labute approximate surface area is 116 Å². The molecular formula is C16H25FN2. The number of anilines is 1. The van der Waals surface area contributed by atoms with Gasteiger partial charge in [-0.3, -0.25) is 0 Å². The lowest BCUT2D eigenvalue weighted by atomic mass is 10.2. The van der Waals surface area contributed by atoms with Crippen molar-refractivity contribution in [3.63, 3.8) is 0 Å². The fourth-order valence-corrected chi connectivity index (χ4v) is 2.34. The van der Waals surface area contributed by atoms with E-state index < -0.39 is 0 Å². The van der Waals surface area contributed by atoms with Gasteiger partial charge in [0.25, 0.3) is 0 Å². The van der Waals surface area contributed by atoms with Crippen LogP contribution in [0.5, 0.6) is 0 Å². The highest BCUT2D eigenvalue weighted by Gasteiger charge is 2.19. The van der Waals surface area contributed by atoms with Crippen molar-refractivity contribution >= 4 is 5.69 Å². The van der Waals surface area contributed by atoms with Crippen LogP contribution in [0.4, 0.5) is 10.1 Å². The highest BCUT2D eigenvalue weighted by Crippen LogP contribution is 2.19. The van der Waals surface area contributed by atoms with Crippen molar-refractivity contribution in [1.82, 2.24) is 5.32 Å². The molecule has 0 saturated heterocycles. The van der Waals surface area contributed by atoms with Gasteiger partial charge in [-0.25, -0.2) is 4.39 Å². The van der Waals surface area contributed by atoms with E-state index in [-0.39, 0.29) is 5.82 Å². The Morgan fingerprint density at radius 3 is 2.79 bits per heavy atom. The lowest BCUT2D eigenvalue weighted by Crippen LogP contribution is -2.24. The van der Waals surface area contributed by atoms with Crippen LogP contribution in [0.3, 0.4) is 0 Å². The molecule has 0 spiro atoms. The first kappa shape index (κ1) is 14.3. The maximum absolute atomic E-state index is 13.2. The summed E-state index contributed by atoms with van der Waals surface area (Å²) in [5.74, 6) is -0.149. The summed E-state index contributed by atoms with van der Waals surface area (Å²) >= 11 is 0. The summed E-state index contributed by atoms with van der Waals surface area (Å²) in [5.41, 5.74) is 0.999. The van der Waals surface area contributed by atoms with Gasteiger partial charge in [-0.05, 0) is 57.4 Å². The summed E-state index contributed by atoms with van der Waals surface area (Å²) in [6.45, 7) is 5.23. The molecule has 1 fully saturated rings. The van der Waals surface area contributed by atoms with Crippen molar-refractivity contribution < 1.29 is 4.39 Å². The van der Waals surface area contributed by atoms with Gasteiger partial charge in [0.2, 0.25) is 0 Å². The van der Waals surface area contributed by atoms with Crippen LogP contribution in [-0.4, -0.2) is 25.7 Å². The molecule has 0 amide bonds. The molecule has 1 aromatic carbocycles. The first-order chi connectivity index (χ1) is 9.29. The largest absolute Gasteiger partial charge is 0.372 e. The molecule has 19 heavy (non-hydrogen) atoms. The third-order valence-corrected chi connectivity index (χ3v) is 3.67. The van der Waals surface area contributed by atoms with Crippen LogP contribution in [0.15, 0.2) is 24.3 Å². The summed E-state index contributed by atoms with van der Waals surface area (Å²) in [5, 5.41) is 3.53. The third kappa shape index (κ3) is 5.19. The Kier molecular flexibility index (Phi) is 5.64. The monoisotopic (exact) mass is 264 g/mol. The van der Waals surface area contributed by atoms with Crippen LogP contribution in [0.1, 0.15) is 39.0 Å². The number of nitrogens with zero attached hydrogens (tertiary/aromatic N) is 1. The summed E-state index contributed by atoms with van der Waals surface area (Å²) in [7, 11) is 0. The number of unbranched alkanes of at least 4 members (excludes halogenated alkanes) is 2. The molecule has 0 atom stereocenters. The quantitative estimate of drug-likeness (QED) is 0.686. The van der Waals surface area contributed by atoms with Crippen LogP contribution < -0.4 is 10.2 Å². The summed E-state index contributed by atoms with van der Waals surface area (Å²) < 4.78 is 13.2. The van der Waals surface area contributed by atoms with Crippen molar-refractivity contribution in [3.05, 3.63) is 30.1 Å². The van der Waals surface area contributed by atoms with Gasteiger partial charge in [0.1, 0.15) is 5.82 Å². The zero-order valence-corrected chi connectivity index (χ0v) is 11.9. The van der Waals surface area contributed by atoms with Gasteiger partial charge >= 0.3 is 0 Å². The van der Waals surface area contributed by atoms with Crippen molar-refractivity contribution in [2.24, 2.45) is 0 Å². The highest BCUT2D eigenvalue weighted by atomic mass is 19.1. The fraction of sp³-hybridized carbons (Fsp3) is 0.625. The third-order valence-electron chi connectivity index (χ3n) is 3.67. The minimum Gasteiger partial charge on any atom is -0.372 e. The molecule has 0 heterocycles. The topological polar surface area (TPSA) is 15.3 Å².